The zero-order valence-corrected chi connectivity index (χ0v) is 32.5. The topological polar surface area (TPSA) is 179 Å². The minimum atomic E-state index is -3.51. The first kappa shape index (κ1) is 43.8. The summed E-state index contributed by atoms with van der Waals surface area (Å²) in [6.45, 7) is 20.2. The van der Waals surface area contributed by atoms with Gasteiger partial charge in [0.25, 0.3) is 5.60 Å². The van der Waals surface area contributed by atoms with Crippen molar-refractivity contribution in [1.29, 1.82) is 0 Å². The van der Waals surface area contributed by atoms with E-state index < -0.39 is 94.2 Å². The monoisotopic (exact) mass is 726 g/mol. The van der Waals surface area contributed by atoms with Crippen molar-refractivity contribution >= 4 is 30.0 Å². The van der Waals surface area contributed by atoms with Crippen molar-refractivity contribution in [2.45, 2.75) is 193 Å². The molecule has 6 atom stereocenters. The molecule has 0 aromatic rings. The summed E-state index contributed by atoms with van der Waals surface area (Å²) in [6.07, 6.45) is 0.707. The van der Waals surface area contributed by atoms with Crippen LogP contribution >= 0.6 is 0 Å². The molecule has 14 nitrogen and oxygen atoms in total. The van der Waals surface area contributed by atoms with Gasteiger partial charge in [-0.3, -0.25) is 4.79 Å². The van der Waals surface area contributed by atoms with Gasteiger partial charge in [0, 0.05) is 6.42 Å². The molecule has 0 spiro atoms. The van der Waals surface area contributed by atoms with Crippen LogP contribution in [0.3, 0.4) is 0 Å². The molecule has 0 amide bonds. The van der Waals surface area contributed by atoms with Gasteiger partial charge in [-0.1, -0.05) is 32.6 Å². The van der Waals surface area contributed by atoms with E-state index in [1.54, 1.807) is 20.8 Å². The van der Waals surface area contributed by atoms with Crippen LogP contribution in [0.5, 0.6) is 0 Å². The van der Waals surface area contributed by atoms with Crippen LogP contribution in [-0.4, -0.2) is 92.8 Å². The summed E-state index contributed by atoms with van der Waals surface area (Å²) in [5.74, 6) is -5.53. The van der Waals surface area contributed by atoms with Gasteiger partial charge in [-0.15, -0.1) is 12.3 Å². The molecule has 2 saturated heterocycles. The Morgan fingerprint density at radius 1 is 0.706 bits per heavy atom. The molecule has 0 aromatic carbocycles. The number of esters is 4. The van der Waals surface area contributed by atoms with Gasteiger partial charge in [-0.25, -0.2) is 19.2 Å². The predicted molar refractivity (Wildman–Crippen MR) is 182 cm³/mol. The third-order valence-corrected chi connectivity index (χ3v) is 7.44. The second kappa shape index (κ2) is 15.7. The van der Waals surface area contributed by atoms with Crippen molar-refractivity contribution < 1.29 is 67.0 Å². The molecule has 0 aliphatic carbocycles. The quantitative estimate of drug-likeness (QED) is 0.120. The van der Waals surface area contributed by atoms with Crippen LogP contribution in [0.1, 0.15) is 135 Å². The average molecular weight is 727 g/mol. The maximum atomic E-state index is 14.7. The molecule has 2 bridgehead atoms. The standard InChI is InChI=1S/C37H58O14/c1-15-17-18-19-20-21-23(38)44-25-24(45-30(42)50-34(12,13)14)35(22-16-2)46-26(27(39)47-31(3,4)5)36(43,28(40)48-32(6,7)8)37(25,51-35)29(41)49-33(9,10)11/h2,24-26,43H,15,17-22H2,1,3-14H3/t24-,25-,26-,35+,36-,37+/m1/s1. The number of hydrogen-bond donors (Lipinski definition) is 1. The number of fused-ring (bicyclic) bond motifs is 2. The maximum absolute atomic E-state index is 14.7. The summed E-state index contributed by atoms with van der Waals surface area (Å²) in [5, 5.41) is 12.9. The number of rotatable bonds is 12. The average Bonchev–Trinajstić information content (AvgIpc) is 3.14. The molecular formula is C37H58O14. The van der Waals surface area contributed by atoms with E-state index in [1.807, 2.05) is 6.92 Å². The van der Waals surface area contributed by atoms with Crippen molar-refractivity contribution in [1.82, 2.24) is 0 Å². The molecule has 2 aliphatic heterocycles. The van der Waals surface area contributed by atoms with Crippen LogP contribution in [0.25, 0.3) is 0 Å². The summed E-state index contributed by atoms with van der Waals surface area (Å²) in [4.78, 5) is 70.2. The van der Waals surface area contributed by atoms with Crippen LogP contribution in [0, 0.1) is 12.3 Å². The normalized spacial score (nSPS) is 27.8. The number of ether oxygens (including phenoxy) is 8. The van der Waals surface area contributed by atoms with Crippen molar-refractivity contribution in [2.75, 3.05) is 0 Å². The molecule has 2 fully saturated rings. The van der Waals surface area contributed by atoms with E-state index in [0.717, 1.165) is 19.3 Å². The number of carbonyl (C=O) groups excluding carboxylic acids is 5. The third kappa shape index (κ3) is 10.6. The van der Waals surface area contributed by atoms with Crippen LogP contribution < -0.4 is 0 Å². The number of terminal acetylenes is 1. The number of hydrogen-bond acceptors (Lipinski definition) is 14. The van der Waals surface area contributed by atoms with Crippen molar-refractivity contribution in [3.05, 3.63) is 0 Å². The van der Waals surface area contributed by atoms with Crippen molar-refractivity contribution in [2.24, 2.45) is 0 Å². The van der Waals surface area contributed by atoms with E-state index in [4.69, 9.17) is 44.3 Å². The highest BCUT2D eigenvalue weighted by atomic mass is 16.8. The minimum absolute atomic E-state index is 0.173. The van der Waals surface area contributed by atoms with Crippen LogP contribution in [0.4, 0.5) is 4.79 Å². The molecule has 1 N–H and O–H groups in total. The third-order valence-electron chi connectivity index (χ3n) is 7.44. The molecule has 0 aromatic heterocycles. The lowest BCUT2D eigenvalue weighted by molar-refractivity contribution is -0.375. The lowest BCUT2D eigenvalue weighted by Gasteiger charge is -2.50. The number of aliphatic hydroxyl groups is 1. The second-order valence-electron chi connectivity index (χ2n) is 16.9. The van der Waals surface area contributed by atoms with E-state index in [1.165, 1.54) is 62.3 Å². The molecule has 2 heterocycles. The molecule has 14 heteroatoms. The maximum Gasteiger partial charge on any atom is 0.509 e. The summed E-state index contributed by atoms with van der Waals surface area (Å²) in [6, 6.07) is 0. The summed E-state index contributed by atoms with van der Waals surface area (Å²) < 4.78 is 46.4. The summed E-state index contributed by atoms with van der Waals surface area (Å²) in [7, 11) is 0. The minimum Gasteiger partial charge on any atom is -0.458 e. The Labute approximate surface area is 301 Å². The first-order valence-corrected chi connectivity index (χ1v) is 17.4. The Morgan fingerprint density at radius 2 is 1.22 bits per heavy atom. The van der Waals surface area contributed by atoms with Gasteiger partial charge in [0.15, 0.2) is 6.10 Å². The highest BCUT2D eigenvalue weighted by molar-refractivity contribution is 6.00. The Kier molecular flexibility index (Phi) is 13.5. The Morgan fingerprint density at radius 3 is 1.71 bits per heavy atom. The van der Waals surface area contributed by atoms with E-state index in [-0.39, 0.29) is 6.42 Å². The molecule has 0 unspecified atom stereocenters. The predicted octanol–water partition coefficient (Wildman–Crippen LogP) is 5.22. The van der Waals surface area contributed by atoms with Crippen molar-refractivity contribution in [3.8, 4) is 12.3 Å². The van der Waals surface area contributed by atoms with Gasteiger partial charge in [-0.2, -0.15) is 0 Å². The van der Waals surface area contributed by atoms with Crippen LogP contribution in [0.2, 0.25) is 0 Å². The zero-order chi connectivity index (χ0) is 39.4. The molecular weight excluding hydrogens is 668 g/mol. The molecule has 290 valence electrons. The number of carbonyl (C=O) groups is 5. The first-order chi connectivity index (χ1) is 23.1. The van der Waals surface area contributed by atoms with Crippen molar-refractivity contribution in [3.63, 3.8) is 0 Å². The Hall–Kier alpha value is -3.41. The molecule has 2 rings (SSSR count). The SMILES string of the molecule is C#CC[C@]12O[C@H](C(=O)OC(C)(C)C)[C@@](O)(C(=O)OC(C)(C)C)[C@](C(=O)OC(C)(C)C)(O1)[C@H](OC(=O)CCCCCCC)[C@H]2OC(=O)OC(C)(C)C. The highest BCUT2D eigenvalue weighted by Crippen LogP contribution is 2.57. The Bertz CT molecular complexity index is 1340. The van der Waals surface area contributed by atoms with E-state index in [0.29, 0.717) is 12.8 Å². The van der Waals surface area contributed by atoms with Gasteiger partial charge >= 0.3 is 30.0 Å². The fraction of sp³-hybridized carbons (Fsp3) is 0.811. The van der Waals surface area contributed by atoms with Gasteiger partial charge in [-0.05, 0) is 89.5 Å². The van der Waals surface area contributed by atoms with Gasteiger partial charge < -0.3 is 43.0 Å². The lowest BCUT2D eigenvalue weighted by Crippen LogP contribution is -2.79. The molecule has 0 radical (unpaired) electrons. The lowest BCUT2D eigenvalue weighted by atomic mass is 9.74. The zero-order valence-electron chi connectivity index (χ0n) is 32.5. The molecule has 51 heavy (non-hydrogen) atoms. The van der Waals surface area contributed by atoms with E-state index in [9.17, 15) is 29.1 Å². The van der Waals surface area contributed by atoms with Crippen LogP contribution in [-0.2, 0) is 57.1 Å². The van der Waals surface area contributed by atoms with Gasteiger partial charge in [0.05, 0.1) is 6.42 Å². The Balaban J connectivity index is 3.06. The highest BCUT2D eigenvalue weighted by Gasteiger charge is 2.88. The smallest absolute Gasteiger partial charge is 0.458 e. The van der Waals surface area contributed by atoms with Crippen LogP contribution in [0.15, 0.2) is 0 Å². The fourth-order valence-electron chi connectivity index (χ4n) is 5.62. The van der Waals surface area contributed by atoms with Gasteiger partial charge in [0.1, 0.15) is 22.4 Å². The van der Waals surface area contributed by atoms with E-state index in [2.05, 4.69) is 5.92 Å². The largest absolute Gasteiger partial charge is 0.509 e. The summed E-state index contributed by atoms with van der Waals surface area (Å²) >= 11 is 0. The van der Waals surface area contributed by atoms with Gasteiger partial charge in [0.2, 0.25) is 23.6 Å². The second-order valence-corrected chi connectivity index (χ2v) is 16.9. The van der Waals surface area contributed by atoms with E-state index >= 15 is 0 Å². The molecule has 0 saturated carbocycles. The fourth-order valence-corrected chi connectivity index (χ4v) is 5.62. The molecule has 2 aliphatic rings. The summed E-state index contributed by atoms with van der Waals surface area (Å²) in [5.41, 5.74) is -11.7. The number of unbranched alkanes of at least 4 members (excludes halogenated alkanes) is 4. The first-order valence-electron chi connectivity index (χ1n) is 17.4.